The molecule has 9 heteroatoms. The van der Waals surface area contributed by atoms with Gasteiger partial charge in [0.15, 0.2) is 5.78 Å². The molecule has 2 N–H and O–H groups in total. The van der Waals surface area contributed by atoms with Gasteiger partial charge in [-0.1, -0.05) is 37.1 Å². The maximum absolute atomic E-state index is 13.6. The number of unbranched alkanes of at least 4 members (excludes halogenated alkanes) is 3. The third-order valence-electron chi connectivity index (χ3n) is 6.15. The highest BCUT2D eigenvalue weighted by atomic mass is 16.6. The molecule has 0 atom stereocenters. The van der Waals surface area contributed by atoms with E-state index < -0.39 is 23.4 Å². The number of carbonyl (C=O) groups excluding carboxylic acids is 3. The van der Waals surface area contributed by atoms with E-state index >= 15 is 0 Å². The van der Waals surface area contributed by atoms with Gasteiger partial charge in [-0.3, -0.25) is 4.79 Å². The Labute approximate surface area is 229 Å². The van der Waals surface area contributed by atoms with Gasteiger partial charge in [-0.05, 0) is 66.5 Å². The maximum Gasteiger partial charge on any atom is 0.435 e. The minimum atomic E-state index is -0.674. The number of nitrogens with zero attached hydrogens (tertiary/aromatic N) is 2. The molecule has 1 amide bonds. The summed E-state index contributed by atoms with van der Waals surface area (Å²) in [4.78, 5) is 38.3. The summed E-state index contributed by atoms with van der Waals surface area (Å²) in [5.41, 5.74) is 2.51. The molecular weight excluding hydrogens is 496 g/mol. The van der Waals surface area contributed by atoms with E-state index in [1.165, 1.54) is 4.68 Å². The Morgan fingerprint density at radius 2 is 1.49 bits per heavy atom. The second-order valence-electron chi connectivity index (χ2n) is 11.8. The highest BCUT2D eigenvalue weighted by Gasteiger charge is 2.32. The van der Waals surface area contributed by atoms with Gasteiger partial charge in [0.25, 0.3) is 0 Å². The van der Waals surface area contributed by atoms with Crippen LogP contribution in [0.3, 0.4) is 0 Å². The summed E-state index contributed by atoms with van der Waals surface area (Å²) in [6.45, 7) is 12.2. The Kier molecular flexibility index (Phi) is 7.99. The lowest BCUT2D eigenvalue weighted by molar-refractivity contribution is 0.0513. The molecule has 1 aliphatic carbocycles. The number of nitrogens with one attached hydrogen (secondary N) is 2. The van der Waals surface area contributed by atoms with Crippen molar-refractivity contribution in [2.45, 2.75) is 78.4 Å². The van der Waals surface area contributed by atoms with Crippen LogP contribution in [-0.2, 0) is 9.47 Å². The predicted molar refractivity (Wildman–Crippen MR) is 151 cm³/mol. The van der Waals surface area contributed by atoms with Crippen LogP contribution < -0.4 is 10.6 Å². The van der Waals surface area contributed by atoms with Crippen LogP contribution in [0.25, 0.3) is 22.2 Å². The topological polar surface area (TPSA) is 112 Å². The molecule has 39 heavy (non-hydrogen) atoms. The smallest absolute Gasteiger partial charge is 0.435 e. The van der Waals surface area contributed by atoms with Crippen LogP contribution in [0.5, 0.6) is 0 Å². The van der Waals surface area contributed by atoms with E-state index in [0.717, 1.165) is 31.4 Å². The first kappa shape index (κ1) is 28.1. The Bertz CT molecular complexity index is 1390. The van der Waals surface area contributed by atoms with Crippen LogP contribution in [0.1, 0.15) is 83.1 Å². The molecule has 1 aromatic heterocycles. The van der Waals surface area contributed by atoms with E-state index in [9.17, 15) is 14.4 Å². The van der Waals surface area contributed by atoms with E-state index in [-0.39, 0.29) is 5.78 Å². The Morgan fingerprint density at radius 1 is 0.846 bits per heavy atom. The normalized spacial score (nSPS) is 12.7. The number of hydrogen-bond acceptors (Lipinski definition) is 7. The molecule has 3 aromatic rings. The van der Waals surface area contributed by atoms with Crippen molar-refractivity contribution >= 4 is 34.6 Å². The summed E-state index contributed by atoms with van der Waals surface area (Å²) >= 11 is 0. The van der Waals surface area contributed by atoms with E-state index in [4.69, 9.17) is 9.47 Å². The quantitative estimate of drug-likeness (QED) is 0.247. The fourth-order valence-corrected chi connectivity index (χ4v) is 4.60. The first-order valence-corrected chi connectivity index (χ1v) is 13.5. The van der Waals surface area contributed by atoms with Gasteiger partial charge >= 0.3 is 12.2 Å². The lowest BCUT2D eigenvalue weighted by Gasteiger charge is -2.19. The zero-order valence-electron chi connectivity index (χ0n) is 23.6. The number of anilines is 1. The van der Waals surface area contributed by atoms with Crippen molar-refractivity contribution in [1.29, 1.82) is 0 Å². The molecule has 0 spiro atoms. The van der Waals surface area contributed by atoms with Crippen LogP contribution in [0.4, 0.5) is 15.3 Å². The zero-order valence-corrected chi connectivity index (χ0v) is 23.6. The molecule has 2 aromatic carbocycles. The molecule has 1 heterocycles. The molecule has 0 saturated carbocycles. The minimum absolute atomic E-state index is 0.0943. The summed E-state index contributed by atoms with van der Waals surface area (Å²) in [5.74, 6) is -0.0943. The number of carbonyl (C=O) groups is 3. The van der Waals surface area contributed by atoms with Gasteiger partial charge in [0.1, 0.15) is 16.9 Å². The summed E-state index contributed by atoms with van der Waals surface area (Å²) in [6, 6.07) is 11.0. The summed E-state index contributed by atoms with van der Waals surface area (Å²) in [7, 11) is 0. The predicted octanol–water partition coefficient (Wildman–Crippen LogP) is 6.53. The van der Waals surface area contributed by atoms with Crippen molar-refractivity contribution in [3.63, 3.8) is 0 Å². The molecule has 9 nitrogen and oxygen atoms in total. The maximum atomic E-state index is 13.6. The van der Waals surface area contributed by atoms with Gasteiger partial charge in [-0.15, -0.1) is 0 Å². The van der Waals surface area contributed by atoms with Crippen molar-refractivity contribution in [2.24, 2.45) is 0 Å². The molecule has 0 bridgehead atoms. The highest BCUT2D eigenvalue weighted by Crippen LogP contribution is 2.41. The molecule has 1 aliphatic rings. The van der Waals surface area contributed by atoms with Crippen LogP contribution in [0.15, 0.2) is 36.4 Å². The SMILES string of the molecule is CC(C)(C)OC(=O)NCCCCCCNc1cccc2c1C(=O)c1cccc3c1c-2nn3C(=O)OC(C)(C)C. The second-order valence-corrected chi connectivity index (χ2v) is 11.8. The Morgan fingerprint density at radius 3 is 2.18 bits per heavy atom. The average molecular weight is 535 g/mol. The highest BCUT2D eigenvalue weighted by molar-refractivity contribution is 6.27. The molecule has 0 saturated heterocycles. The van der Waals surface area contributed by atoms with Crippen molar-refractivity contribution < 1.29 is 23.9 Å². The van der Waals surface area contributed by atoms with Gasteiger partial charge in [0, 0.05) is 35.3 Å². The van der Waals surface area contributed by atoms with E-state index in [2.05, 4.69) is 15.7 Å². The molecule has 0 radical (unpaired) electrons. The number of ketones is 1. The number of amides is 1. The van der Waals surface area contributed by atoms with Gasteiger partial charge in [0.2, 0.25) is 0 Å². The third kappa shape index (κ3) is 6.58. The van der Waals surface area contributed by atoms with Crippen LogP contribution in [0.2, 0.25) is 0 Å². The standard InChI is InChI=1S/C30H38N4O5/c1-29(2,3)38-27(36)32-18-10-8-7-9-17-31-21-15-11-13-19-23(21)26(35)20-14-12-16-22-24(20)25(19)33-34(22)28(37)39-30(4,5)6/h11-16,31H,7-10,17-18H2,1-6H3,(H,32,36). The largest absolute Gasteiger partial charge is 0.444 e. The van der Waals surface area contributed by atoms with Gasteiger partial charge in [-0.25, -0.2) is 9.59 Å². The summed E-state index contributed by atoms with van der Waals surface area (Å²) in [6.07, 6.45) is 2.76. The summed E-state index contributed by atoms with van der Waals surface area (Å²) < 4.78 is 12.0. The van der Waals surface area contributed by atoms with E-state index in [1.807, 2.05) is 39.0 Å². The van der Waals surface area contributed by atoms with Crippen molar-refractivity contribution in [2.75, 3.05) is 18.4 Å². The minimum Gasteiger partial charge on any atom is -0.444 e. The number of ether oxygens (including phenoxy) is 2. The number of rotatable bonds is 8. The fraction of sp³-hybridized carbons (Fsp3) is 0.467. The van der Waals surface area contributed by atoms with Crippen molar-refractivity contribution in [3.05, 3.63) is 47.5 Å². The lowest BCUT2D eigenvalue weighted by Crippen LogP contribution is -2.32. The molecular formula is C30H38N4O5. The third-order valence-corrected chi connectivity index (χ3v) is 6.15. The number of alkyl carbamates (subject to hydrolysis) is 1. The zero-order chi connectivity index (χ0) is 28.4. The molecule has 208 valence electrons. The molecule has 0 aliphatic heterocycles. The number of fused-ring (bicyclic) bond motifs is 2. The van der Waals surface area contributed by atoms with E-state index in [1.54, 1.807) is 39.0 Å². The van der Waals surface area contributed by atoms with Crippen molar-refractivity contribution in [3.8, 4) is 11.3 Å². The fourth-order valence-electron chi connectivity index (χ4n) is 4.60. The molecule has 0 fully saturated rings. The first-order valence-electron chi connectivity index (χ1n) is 13.5. The number of benzene rings is 2. The average Bonchev–Trinajstić information content (AvgIpc) is 3.23. The Balaban J connectivity index is 1.41. The number of aromatic nitrogens is 2. The second kappa shape index (κ2) is 11.1. The van der Waals surface area contributed by atoms with Crippen molar-refractivity contribution in [1.82, 2.24) is 15.1 Å². The number of hydrogen-bond donors (Lipinski definition) is 2. The van der Waals surface area contributed by atoms with Gasteiger partial charge in [-0.2, -0.15) is 9.78 Å². The molecule has 4 rings (SSSR count). The first-order chi connectivity index (χ1) is 18.4. The molecule has 0 unspecified atom stereocenters. The lowest BCUT2D eigenvalue weighted by atomic mass is 9.86. The van der Waals surface area contributed by atoms with E-state index in [0.29, 0.717) is 46.4 Å². The van der Waals surface area contributed by atoms with Gasteiger partial charge in [0.05, 0.1) is 11.1 Å². The van der Waals surface area contributed by atoms with Crippen LogP contribution in [0, 0.1) is 0 Å². The Hall–Kier alpha value is -3.88. The summed E-state index contributed by atoms with van der Waals surface area (Å²) in [5, 5.41) is 11.5. The van der Waals surface area contributed by atoms with Crippen LogP contribution >= 0.6 is 0 Å². The van der Waals surface area contributed by atoms with Gasteiger partial charge < -0.3 is 20.1 Å². The monoisotopic (exact) mass is 534 g/mol. The van der Waals surface area contributed by atoms with Crippen LogP contribution in [-0.4, -0.2) is 52.0 Å².